The van der Waals surface area contributed by atoms with Gasteiger partial charge in [0.25, 0.3) is 5.56 Å². The van der Waals surface area contributed by atoms with E-state index in [-0.39, 0.29) is 0 Å². The Labute approximate surface area is 170 Å². The molecule has 13 nitrogen and oxygen atoms in total. The van der Waals surface area contributed by atoms with Crippen LogP contribution >= 0.6 is 7.75 Å². The lowest BCUT2D eigenvalue weighted by Gasteiger charge is -2.25. The summed E-state index contributed by atoms with van der Waals surface area (Å²) in [5.41, 5.74) is -0.903. The summed E-state index contributed by atoms with van der Waals surface area (Å²) in [5.74, 6) is -1.72. The highest BCUT2D eigenvalue weighted by atomic mass is 31.2. The Kier molecular flexibility index (Phi) is 7.87. The Hall–Kier alpha value is -2.57. The number of H-pyrrole nitrogens is 1. The summed E-state index contributed by atoms with van der Waals surface area (Å²) in [6.07, 6.45) is 2.66. The average Bonchev–Trinajstić information content (AvgIpc) is 3.17. The summed E-state index contributed by atoms with van der Waals surface area (Å²) < 4.78 is 33.8. The van der Waals surface area contributed by atoms with Gasteiger partial charge in [-0.25, -0.2) is 9.36 Å². The van der Waals surface area contributed by atoms with Gasteiger partial charge in [0.15, 0.2) is 6.23 Å². The highest BCUT2D eigenvalue weighted by Crippen LogP contribution is 2.46. The fourth-order valence-electron chi connectivity index (χ4n) is 2.43. The SMILES string of the molecule is COC(=O)CN(CC(=O)OC)P(=O)(O)OC[C@@H]1C=C[C@H](n2cc(C)c(=O)[nH]c2=O)O1. The van der Waals surface area contributed by atoms with Crippen molar-refractivity contribution in [3.63, 3.8) is 0 Å². The molecule has 1 unspecified atom stereocenters. The van der Waals surface area contributed by atoms with Crippen LogP contribution in [0.3, 0.4) is 0 Å². The zero-order valence-corrected chi connectivity index (χ0v) is 17.4. The molecule has 1 aliphatic rings. The van der Waals surface area contributed by atoms with E-state index in [9.17, 15) is 28.6 Å². The number of nitrogens with zero attached hydrogens (tertiary/aromatic N) is 2. The number of aromatic amines is 1. The summed E-state index contributed by atoms with van der Waals surface area (Å²) in [6, 6.07) is 0. The van der Waals surface area contributed by atoms with Gasteiger partial charge in [0.1, 0.15) is 19.2 Å². The molecule has 1 aromatic heterocycles. The first kappa shape index (κ1) is 23.7. The fraction of sp³-hybridized carbons (Fsp3) is 0.500. The second-order valence-electron chi connectivity index (χ2n) is 6.19. The molecule has 14 heteroatoms. The second-order valence-corrected chi connectivity index (χ2v) is 7.99. The van der Waals surface area contributed by atoms with E-state index in [1.54, 1.807) is 0 Å². The Balaban J connectivity index is 2.04. The number of carbonyl (C=O) groups is 2. The van der Waals surface area contributed by atoms with Gasteiger partial charge in [0, 0.05) is 11.8 Å². The third-order valence-electron chi connectivity index (χ3n) is 4.07. The number of hydrogen-bond acceptors (Lipinski definition) is 9. The lowest BCUT2D eigenvalue weighted by Crippen LogP contribution is -2.35. The monoisotopic (exact) mass is 447 g/mol. The van der Waals surface area contributed by atoms with E-state index in [4.69, 9.17) is 9.26 Å². The minimum absolute atomic E-state index is 0.299. The van der Waals surface area contributed by atoms with Crippen molar-refractivity contribution in [2.24, 2.45) is 0 Å². The van der Waals surface area contributed by atoms with E-state index >= 15 is 0 Å². The van der Waals surface area contributed by atoms with E-state index in [2.05, 4.69) is 14.5 Å². The topological polar surface area (TPSA) is 166 Å². The highest BCUT2D eigenvalue weighted by molar-refractivity contribution is 7.50. The zero-order valence-electron chi connectivity index (χ0n) is 16.5. The zero-order chi connectivity index (χ0) is 22.5. The summed E-state index contributed by atoms with van der Waals surface area (Å²) in [6.45, 7) is -0.269. The number of methoxy groups -OCH3 is 2. The number of hydrogen-bond donors (Lipinski definition) is 2. The minimum Gasteiger partial charge on any atom is -0.468 e. The molecule has 1 aromatic rings. The maximum absolute atomic E-state index is 12.5. The number of aromatic nitrogens is 2. The summed E-state index contributed by atoms with van der Waals surface area (Å²) in [7, 11) is -2.44. The molecule has 1 aliphatic heterocycles. The van der Waals surface area contributed by atoms with Crippen molar-refractivity contribution in [2.75, 3.05) is 33.9 Å². The molecule has 166 valence electrons. The summed E-state index contributed by atoms with van der Waals surface area (Å²) in [5, 5.41) is 0. The van der Waals surface area contributed by atoms with Gasteiger partial charge in [-0.15, -0.1) is 0 Å². The number of ether oxygens (including phenoxy) is 3. The highest BCUT2D eigenvalue weighted by Gasteiger charge is 2.35. The van der Waals surface area contributed by atoms with Crippen molar-refractivity contribution in [2.45, 2.75) is 19.3 Å². The summed E-state index contributed by atoms with van der Waals surface area (Å²) in [4.78, 5) is 58.7. The van der Waals surface area contributed by atoms with Crippen LogP contribution in [0.1, 0.15) is 11.8 Å². The second kappa shape index (κ2) is 9.96. The first-order valence-corrected chi connectivity index (χ1v) is 10.1. The normalized spacial score (nSPS) is 20.2. The van der Waals surface area contributed by atoms with Crippen LogP contribution in [0.2, 0.25) is 0 Å². The van der Waals surface area contributed by atoms with Crippen LogP contribution < -0.4 is 11.2 Å². The molecule has 3 atom stereocenters. The molecular weight excluding hydrogens is 425 g/mol. The van der Waals surface area contributed by atoms with E-state index in [1.807, 2.05) is 0 Å². The number of carbonyl (C=O) groups excluding carboxylic acids is 2. The molecule has 0 aromatic carbocycles. The Morgan fingerprint density at radius 2 is 1.83 bits per heavy atom. The van der Waals surface area contributed by atoms with Crippen LogP contribution in [0, 0.1) is 6.92 Å². The van der Waals surface area contributed by atoms with Crippen LogP contribution in [0.4, 0.5) is 0 Å². The van der Waals surface area contributed by atoms with Crippen LogP contribution in [-0.4, -0.2) is 71.1 Å². The quantitative estimate of drug-likeness (QED) is 0.272. The van der Waals surface area contributed by atoms with Gasteiger partial charge in [0.05, 0.1) is 20.8 Å². The molecular formula is C16H22N3O10P. The molecule has 0 saturated carbocycles. The van der Waals surface area contributed by atoms with Gasteiger partial charge in [0.2, 0.25) is 0 Å². The van der Waals surface area contributed by atoms with Gasteiger partial charge in [-0.3, -0.25) is 28.5 Å². The van der Waals surface area contributed by atoms with E-state index in [0.717, 1.165) is 18.8 Å². The smallest absolute Gasteiger partial charge is 0.406 e. The molecule has 2 N–H and O–H groups in total. The molecule has 0 fully saturated rings. The molecule has 0 saturated heterocycles. The van der Waals surface area contributed by atoms with Crippen molar-refractivity contribution in [1.29, 1.82) is 0 Å². The van der Waals surface area contributed by atoms with E-state index in [1.165, 1.54) is 25.3 Å². The van der Waals surface area contributed by atoms with Crippen molar-refractivity contribution in [3.05, 3.63) is 44.8 Å². The molecule has 0 spiro atoms. The molecule has 0 radical (unpaired) electrons. The largest absolute Gasteiger partial charge is 0.468 e. The predicted octanol–water partition coefficient (Wildman–Crippen LogP) is -0.936. The Bertz CT molecular complexity index is 966. The lowest BCUT2D eigenvalue weighted by molar-refractivity contribution is -0.144. The molecule has 0 amide bonds. The first-order chi connectivity index (χ1) is 14.1. The molecule has 0 aliphatic carbocycles. The van der Waals surface area contributed by atoms with Gasteiger partial charge >= 0.3 is 25.4 Å². The average molecular weight is 447 g/mol. The molecule has 2 rings (SSSR count). The minimum atomic E-state index is -4.60. The number of nitrogens with one attached hydrogen (secondary N) is 1. The van der Waals surface area contributed by atoms with Crippen LogP contribution in [-0.2, 0) is 32.9 Å². The molecule has 30 heavy (non-hydrogen) atoms. The fourth-order valence-corrected chi connectivity index (χ4v) is 3.52. The van der Waals surface area contributed by atoms with E-state index < -0.39 is 63.0 Å². The number of rotatable bonds is 9. The lowest BCUT2D eigenvalue weighted by atomic mass is 10.3. The van der Waals surface area contributed by atoms with Crippen LogP contribution in [0.25, 0.3) is 0 Å². The summed E-state index contributed by atoms with van der Waals surface area (Å²) >= 11 is 0. The van der Waals surface area contributed by atoms with Gasteiger partial charge < -0.3 is 19.1 Å². The van der Waals surface area contributed by atoms with Crippen molar-refractivity contribution in [3.8, 4) is 0 Å². The third kappa shape index (κ3) is 5.97. The number of aryl methyl sites for hydroxylation is 1. The Morgan fingerprint density at radius 1 is 1.23 bits per heavy atom. The maximum Gasteiger partial charge on any atom is 0.406 e. The van der Waals surface area contributed by atoms with Crippen LogP contribution in [0.15, 0.2) is 27.9 Å². The molecule has 0 bridgehead atoms. The van der Waals surface area contributed by atoms with Crippen molar-refractivity contribution in [1.82, 2.24) is 14.2 Å². The predicted molar refractivity (Wildman–Crippen MR) is 100 cm³/mol. The van der Waals surface area contributed by atoms with Crippen molar-refractivity contribution >= 4 is 19.7 Å². The van der Waals surface area contributed by atoms with Gasteiger partial charge in [-0.2, -0.15) is 4.67 Å². The first-order valence-electron chi connectivity index (χ1n) is 8.59. The van der Waals surface area contributed by atoms with Crippen molar-refractivity contribution < 1.29 is 37.8 Å². The van der Waals surface area contributed by atoms with E-state index in [0.29, 0.717) is 10.2 Å². The number of esters is 2. The standard InChI is InChI=1S/C16H22N3O10P/c1-10-6-19(16(23)17-15(10)22)12-5-4-11(29-12)9-28-30(24,25)18(7-13(20)26-2)8-14(21)27-3/h4-6,11-12H,7-9H2,1-3H3,(H,24,25)(H,17,22,23)/t11-,12+/m0/s1. The van der Waals surface area contributed by atoms with Gasteiger partial charge in [-0.05, 0) is 13.0 Å². The van der Waals surface area contributed by atoms with Crippen LogP contribution in [0.5, 0.6) is 0 Å². The third-order valence-corrected chi connectivity index (χ3v) is 5.55. The van der Waals surface area contributed by atoms with Gasteiger partial charge in [-0.1, -0.05) is 6.08 Å². The Morgan fingerprint density at radius 3 is 2.40 bits per heavy atom. The maximum atomic E-state index is 12.5. The molecule has 2 heterocycles.